The smallest absolute Gasteiger partial charge is 0.154 e. The minimum atomic E-state index is -0.0933. The number of aliphatic imine (C=N–C) groups is 1. The van der Waals surface area contributed by atoms with Crippen LogP contribution >= 0.6 is 0 Å². The van der Waals surface area contributed by atoms with Gasteiger partial charge in [0.15, 0.2) is 5.76 Å². The molecule has 60 heavy (non-hydrogen) atoms. The van der Waals surface area contributed by atoms with Crippen molar-refractivity contribution >= 4 is 93.2 Å². The molecule has 1 unspecified atom stereocenters. The molecule has 282 valence electrons. The second kappa shape index (κ2) is 11.8. The predicted octanol–water partition coefficient (Wildman–Crippen LogP) is 14.6. The Morgan fingerprint density at radius 1 is 0.567 bits per heavy atom. The molecule has 2 atom stereocenters. The van der Waals surface area contributed by atoms with Crippen molar-refractivity contribution in [3.63, 3.8) is 0 Å². The number of hydrogen-bond acceptors (Lipinski definition) is 2. The zero-order valence-corrected chi connectivity index (χ0v) is 33.0. The first-order chi connectivity index (χ1) is 29.7. The summed E-state index contributed by atoms with van der Waals surface area (Å²) in [6.07, 6.45) is 4.16. The van der Waals surface area contributed by atoms with Crippen molar-refractivity contribution in [2.75, 3.05) is 0 Å². The Hall–Kier alpha value is -7.43. The number of hydrogen-bond donors (Lipinski definition) is 0. The molecule has 5 heterocycles. The number of nitrogens with zero attached hydrogens (tertiary/aromatic N) is 3. The van der Waals surface area contributed by atoms with E-state index in [0.717, 1.165) is 52.1 Å². The van der Waals surface area contributed by atoms with Gasteiger partial charge in [-0.3, -0.25) is 4.57 Å². The standard InChI is InChI=1S/C56H37N3O/c1-32-30-49(58-44-21-9-4-16-36(44)37-17-5-10-22-45(37)58)57-54(56-50(32)40-20-8-13-25-48(40)60-56)41-29-28-34-27-26-33-14-2-3-15-35(33)51(34)43-31-42-38-18-6-11-23-46(38)59-47-24-12-7-19-39(47)53(52(41)43)55(42)59/h2-27,30-32,41H,28-29H2,1H3/t32-,41?/m1/s1. The summed E-state index contributed by atoms with van der Waals surface area (Å²) in [7, 11) is 0. The van der Waals surface area contributed by atoms with E-state index in [1.165, 1.54) is 87.5 Å². The topological polar surface area (TPSA) is 34.8 Å². The van der Waals surface area contributed by atoms with Crippen molar-refractivity contribution in [1.29, 1.82) is 0 Å². The maximum atomic E-state index is 7.16. The van der Waals surface area contributed by atoms with Crippen LogP contribution in [0.2, 0.25) is 0 Å². The highest BCUT2D eigenvalue weighted by Gasteiger charge is 2.37. The van der Waals surface area contributed by atoms with E-state index >= 15 is 0 Å². The van der Waals surface area contributed by atoms with E-state index < -0.39 is 0 Å². The number of benzene rings is 8. The van der Waals surface area contributed by atoms with Crippen molar-refractivity contribution in [3.05, 3.63) is 192 Å². The van der Waals surface area contributed by atoms with Crippen molar-refractivity contribution in [2.45, 2.75) is 31.6 Å². The van der Waals surface area contributed by atoms with Crippen LogP contribution in [0.15, 0.2) is 179 Å². The Balaban J connectivity index is 1.16. The Morgan fingerprint density at radius 2 is 1.17 bits per heavy atom. The molecule has 0 N–H and O–H groups in total. The summed E-state index contributed by atoms with van der Waals surface area (Å²) in [5.41, 5.74) is 14.6. The van der Waals surface area contributed by atoms with Crippen molar-refractivity contribution in [3.8, 4) is 11.1 Å². The van der Waals surface area contributed by atoms with Gasteiger partial charge in [0.1, 0.15) is 11.4 Å². The number of aryl methyl sites for hydroxylation is 1. The molecule has 0 radical (unpaired) electrons. The van der Waals surface area contributed by atoms with Crippen LogP contribution in [0.5, 0.6) is 0 Å². The molecule has 1 aliphatic heterocycles. The van der Waals surface area contributed by atoms with Crippen molar-refractivity contribution in [2.24, 2.45) is 4.99 Å². The molecular formula is C56H37N3O. The molecule has 8 aromatic carbocycles. The third-order valence-corrected chi connectivity index (χ3v) is 13.8. The van der Waals surface area contributed by atoms with Gasteiger partial charge in [-0.05, 0) is 88.3 Å². The number of fused-ring (bicyclic) bond motifs is 18. The fourth-order valence-corrected chi connectivity index (χ4v) is 11.4. The summed E-state index contributed by atoms with van der Waals surface area (Å²) in [6.45, 7) is 2.31. The van der Waals surface area contributed by atoms with Crippen molar-refractivity contribution in [1.82, 2.24) is 8.97 Å². The molecule has 2 aliphatic rings. The minimum absolute atomic E-state index is 0.0344. The molecule has 0 amide bonds. The number of para-hydroxylation sites is 5. The molecule has 1 aliphatic carbocycles. The van der Waals surface area contributed by atoms with Gasteiger partial charge < -0.3 is 8.82 Å². The third kappa shape index (κ3) is 4.17. The number of furan rings is 1. The van der Waals surface area contributed by atoms with Gasteiger partial charge in [0.2, 0.25) is 0 Å². The Morgan fingerprint density at radius 3 is 1.92 bits per heavy atom. The fraction of sp³-hybridized carbons (Fsp3) is 0.0893. The Kier molecular flexibility index (Phi) is 6.41. The lowest BCUT2D eigenvalue weighted by Gasteiger charge is -2.22. The van der Waals surface area contributed by atoms with Gasteiger partial charge in [-0.25, -0.2) is 4.99 Å². The van der Waals surface area contributed by atoms with Gasteiger partial charge in [-0.2, -0.15) is 0 Å². The summed E-state index contributed by atoms with van der Waals surface area (Å²) < 4.78 is 12.1. The van der Waals surface area contributed by atoms with Crippen LogP contribution < -0.4 is 0 Å². The van der Waals surface area contributed by atoms with Crippen molar-refractivity contribution < 1.29 is 4.42 Å². The van der Waals surface area contributed by atoms with Crippen LogP contribution in [-0.4, -0.2) is 14.7 Å². The number of aromatic nitrogens is 2. The predicted molar refractivity (Wildman–Crippen MR) is 250 cm³/mol. The van der Waals surface area contributed by atoms with Gasteiger partial charge >= 0.3 is 0 Å². The summed E-state index contributed by atoms with van der Waals surface area (Å²) in [4.78, 5) is 6.01. The molecular weight excluding hydrogens is 731 g/mol. The van der Waals surface area contributed by atoms with E-state index in [2.05, 4.69) is 186 Å². The van der Waals surface area contributed by atoms with E-state index in [0.29, 0.717) is 0 Å². The second-order valence-corrected chi connectivity index (χ2v) is 16.9. The summed E-state index contributed by atoms with van der Waals surface area (Å²) in [5.74, 6) is 1.78. The molecule has 0 spiro atoms. The van der Waals surface area contributed by atoms with Gasteiger partial charge in [0.05, 0.1) is 33.3 Å². The van der Waals surface area contributed by atoms with Crippen LogP contribution in [0.4, 0.5) is 0 Å². The van der Waals surface area contributed by atoms with Gasteiger partial charge in [0.25, 0.3) is 0 Å². The molecule has 0 saturated heterocycles. The summed E-state index contributed by atoms with van der Waals surface area (Å²) in [5, 5.41) is 11.3. The molecule has 0 saturated carbocycles. The van der Waals surface area contributed by atoms with Crippen LogP contribution in [0, 0.1) is 0 Å². The molecule has 12 aromatic rings. The van der Waals surface area contributed by atoms with E-state index in [1.54, 1.807) is 0 Å². The van der Waals surface area contributed by atoms with Gasteiger partial charge in [-0.15, -0.1) is 0 Å². The second-order valence-electron chi connectivity index (χ2n) is 16.9. The number of rotatable bonds is 2. The SMILES string of the molecule is C[C@@H]1C=C(n2c3ccccc3c3ccccc32)N=C(C2CCc3ccc4ccccc4c3-c3cc4c5ccccc5n5c6ccccc6c(c32)c45)c2oc3ccccc3c21. The summed E-state index contributed by atoms with van der Waals surface area (Å²) >= 11 is 0. The van der Waals surface area contributed by atoms with Crippen LogP contribution in [0.1, 0.15) is 47.6 Å². The van der Waals surface area contributed by atoms with E-state index in [4.69, 9.17) is 9.41 Å². The Labute approximate surface area is 345 Å². The first-order valence-corrected chi connectivity index (χ1v) is 21.2. The van der Waals surface area contributed by atoms with Crippen LogP contribution in [0.25, 0.3) is 98.6 Å². The zero-order valence-electron chi connectivity index (χ0n) is 33.0. The lowest BCUT2D eigenvalue weighted by atomic mass is 9.81. The maximum absolute atomic E-state index is 7.16. The normalized spacial score (nSPS) is 16.8. The monoisotopic (exact) mass is 767 g/mol. The van der Waals surface area contributed by atoms with Gasteiger partial charge in [-0.1, -0.05) is 134 Å². The lowest BCUT2D eigenvalue weighted by molar-refractivity contribution is 0.590. The molecule has 0 bridgehead atoms. The number of allylic oxidation sites excluding steroid dienone is 1. The Bertz CT molecular complexity index is 3820. The highest BCUT2D eigenvalue weighted by molar-refractivity contribution is 6.28. The highest BCUT2D eigenvalue weighted by Crippen LogP contribution is 2.53. The van der Waals surface area contributed by atoms with Crippen LogP contribution in [0.3, 0.4) is 0 Å². The zero-order chi connectivity index (χ0) is 39.2. The van der Waals surface area contributed by atoms with E-state index in [1.807, 2.05) is 0 Å². The lowest BCUT2D eigenvalue weighted by Crippen LogP contribution is -2.17. The maximum Gasteiger partial charge on any atom is 0.154 e. The molecule has 4 aromatic heterocycles. The summed E-state index contributed by atoms with van der Waals surface area (Å²) in [6, 6.07) is 60.3. The molecule has 14 rings (SSSR count). The highest BCUT2D eigenvalue weighted by atomic mass is 16.3. The average molecular weight is 768 g/mol. The van der Waals surface area contributed by atoms with E-state index in [-0.39, 0.29) is 11.8 Å². The van der Waals surface area contributed by atoms with Crippen LogP contribution in [-0.2, 0) is 6.42 Å². The van der Waals surface area contributed by atoms with E-state index in [9.17, 15) is 0 Å². The molecule has 0 fully saturated rings. The molecule has 4 nitrogen and oxygen atoms in total. The quantitative estimate of drug-likeness (QED) is 0.172. The first kappa shape index (κ1) is 32.5. The first-order valence-electron chi connectivity index (χ1n) is 21.2. The third-order valence-electron chi connectivity index (χ3n) is 13.8. The molecule has 4 heteroatoms. The minimum Gasteiger partial charge on any atom is -0.454 e. The average Bonchev–Trinajstić information content (AvgIpc) is 3.99. The van der Waals surface area contributed by atoms with Gasteiger partial charge in [0, 0.05) is 55.1 Å². The fourth-order valence-electron chi connectivity index (χ4n) is 11.4. The largest absolute Gasteiger partial charge is 0.454 e.